The van der Waals surface area contributed by atoms with Gasteiger partial charge in [-0.2, -0.15) is 0 Å². The van der Waals surface area contributed by atoms with Crippen LogP contribution >= 0.6 is 12.2 Å². The fraction of sp³-hybridized carbons (Fsp3) is 0.462. The quantitative estimate of drug-likeness (QED) is 0.805. The highest BCUT2D eigenvalue weighted by Crippen LogP contribution is 2.14. The predicted octanol–water partition coefficient (Wildman–Crippen LogP) is 1.56. The van der Waals surface area contributed by atoms with Crippen LogP contribution in [-0.2, 0) is 11.3 Å². The summed E-state index contributed by atoms with van der Waals surface area (Å²) in [6, 6.07) is 10.3. The molecule has 1 aliphatic rings. The van der Waals surface area contributed by atoms with E-state index in [0.717, 1.165) is 19.5 Å². The summed E-state index contributed by atoms with van der Waals surface area (Å²) in [7, 11) is 0. The molecule has 3 nitrogen and oxygen atoms in total. The van der Waals surface area contributed by atoms with E-state index in [9.17, 15) is 0 Å². The zero-order valence-corrected chi connectivity index (χ0v) is 10.7. The maximum Gasteiger partial charge on any atom is 0.0870 e. The summed E-state index contributed by atoms with van der Waals surface area (Å²) in [4.78, 5) is 2.81. The maximum atomic E-state index is 5.88. The van der Waals surface area contributed by atoms with Crippen molar-refractivity contribution in [2.75, 3.05) is 19.6 Å². The molecule has 1 fully saturated rings. The van der Waals surface area contributed by atoms with Crippen LogP contribution in [0.3, 0.4) is 0 Å². The second-order valence-electron chi connectivity index (χ2n) is 4.41. The number of nitrogens with two attached hydrogens (primary N) is 1. The molecular weight excluding hydrogens is 232 g/mol. The Kier molecular flexibility index (Phi) is 4.48. The molecule has 0 saturated carbocycles. The SMILES string of the molecule is NC(=S)CN1CCC(OCc2ccccc2)C1. The van der Waals surface area contributed by atoms with Gasteiger partial charge in [-0.25, -0.2) is 0 Å². The van der Waals surface area contributed by atoms with Crippen LogP contribution in [0.15, 0.2) is 30.3 Å². The molecule has 0 aliphatic carbocycles. The summed E-state index contributed by atoms with van der Waals surface area (Å²) in [5, 5.41) is 0. The number of thiocarbonyl (C=S) groups is 1. The van der Waals surface area contributed by atoms with Crippen LogP contribution in [0, 0.1) is 0 Å². The summed E-state index contributed by atoms with van der Waals surface area (Å²) >= 11 is 4.91. The lowest BCUT2D eigenvalue weighted by Crippen LogP contribution is -2.31. The van der Waals surface area contributed by atoms with Gasteiger partial charge in [0.25, 0.3) is 0 Å². The van der Waals surface area contributed by atoms with Gasteiger partial charge in [-0.05, 0) is 12.0 Å². The van der Waals surface area contributed by atoms with E-state index in [1.54, 1.807) is 0 Å². The molecular formula is C13H18N2OS. The molecule has 0 radical (unpaired) electrons. The lowest BCUT2D eigenvalue weighted by molar-refractivity contribution is 0.0477. The van der Waals surface area contributed by atoms with E-state index in [-0.39, 0.29) is 0 Å². The van der Waals surface area contributed by atoms with Gasteiger partial charge in [0.2, 0.25) is 0 Å². The zero-order chi connectivity index (χ0) is 12.1. The van der Waals surface area contributed by atoms with Crippen LogP contribution in [0.4, 0.5) is 0 Å². The van der Waals surface area contributed by atoms with Gasteiger partial charge in [-0.1, -0.05) is 42.5 Å². The van der Waals surface area contributed by atoms with Crippen LogP contribution < -0.4 is 5.73 Å². The van der Waals surface area contributed by atoms with Crippen molar-refractivity contribution in [1.29, 1.82) is 0 Å². The van der Waals surface area contributed by atoms with E-state index in [4.69, 9.17) is 22.7 Å². The van der Waals surface area contributed by atoms with E-state index in [2.05, 4.69) is 17.0 Å². The molecule has 1 unspecified atom stereocenters. The van der Waals surface area contributed by atoms with E-state index >= 15 is 0 Å². The van der Waals surface area contributed by atoms with Gasteiger partial charge in [0.05, 0.1) is 17.7 Å². The molecule has 1 aromatic carbocycles. The van der Waals surface area contributed by atoms with Gasteiger partial charge in [-0.3, -0.25) is 4.90 Å². The molecule has 2 N–H and O–H groups in total. The van der Waals surface area contributed by atoms with E-state index in [1.165, 1.54) is 5.56 Å². The molecule has 0 amide bonds. The first-order valence-corrected chi connectivity index (χ1v) is 6.31. The Hall–Kier alpha value is -0.970. The molecule has 1 atom stereocenters. The van der Waals surface area contributed by atoms with E-state index < -0.39 is 0 Å². The second-order valence-corrected chi connectivity index (χ2v) is 4.93. The van der Waals surface area contributed by atoms with Gasteiger partial charge >= 0.3 is 0 Å². The highest BCUT2D eigenvalue weighted by Gasteiger charge is 2.22. The lowest BCUT2D eigenvalue weighted by Gasteiger charge is -2.15. The minimum absolute atomic E-state index is 0.310. The standard InChI is InChI=1S/C13H18N2OS/c14-13(17)9-15-7-6-12(8-15)16-10-11-4-2-1-3-5-11/h1-5,12H,6-10H2,(H2,14,17). The Bertz CT molecular complexity index is 369. The average molecular weight is 250 g/mol. The summed E-state index contributed by atoms with van der Waals surface area (Å²) in [6.45, 7) is 3.36. The number of hydrogen-bond acceptors (Lipinski definition) is 3. The normalized spacial score (nSPS) is 20.6. The molecule has 2 rings (SSSR count). The Labute approximate surface area is 108 Å². The van der Waals surface area contributed by atoms with E-state index in [0.29, 0.717) is 24.2 Å². The first kappa shape index (κ1) is 12.5. The Balaban J connectivity index is 1.73. The van der Waals surface area contributed by atoms with Crippen LogP contribution in [0.25, 0.3) is 0 Å². The number of ether oxygens (including phenoxy) is 1. The summed E-state index contributed by atoms with van der Waals surface area (Å²) in [6.07, 6.45) is 1.37. The topological polar surface area (TPSA) is 38.5 Å². The zero-order valence-electron chi connectivity index (χ0n) is 9.84. The summed E-state index contributed by atoms with van der Waals surface area (Å²) < 4.78 is 5.88. The fourth-order valence-corrected chi connectivity index (χ4v) is 2.27. The molecule has 17 heavy (non-hydrogen) atoms. The van der Waals surface area contributed by atoms with Gasteiger partial charge in [-0.15, -0.1) is 0 Å². The highest BCUT2D eigenvalue weighted by atomic mass is 32.1. The summed E-state index contributed by atoms with van der Waals surface area (Å²) in [5.41, 5.74) is 6.75. The van der Waals surface area contributed by atoms with Crippen molar-refractivity contribution in [2.45, 2.75) is 19.1 Å². The number of likely N-dealkylation sites (tertiary alicyclic amines) is 1. The van der Waals surface area contributed by atoms with Crippen LogP contribution in [0.1, 0.15) is 12.0 Å². The maximum absolute atomic E-state index is 5.88. The number of benzene rings is 1. The first-order chi connectivity index (χ1) is 8.24. The molecule has 0 aromatic heterocycles. The third kappa shape index (κ3) is 4.07. The average Bonchev–Trinajstić information content (AvgIpc) is 2.75. The van der Waals surface area contributed by atoms with E-state index in [1.807, 2.05) is 18.2 Å². The molecule has 0 bridgehead atoms. The molecule has 1 aromatic rings. The molecule has 1 aliphatic heterocycles. The van der Waals surface area contributed by atoms with Crippen LogP contribution in [-0.4, -0.2) is 35.6 Å². The number of nitrogens with zero attached hydrogens (tertiary/aromatic N) is 1. The van der Waals surface area contributed by atoms with Gasteiger partial charge in [0, 0.05) is 19.6 Å². The van der Waals surface area contributed by atoms with Crippen molar-refractivity contribution in [2.24, 2.45) is 5.73 Å². The van der Waals surface area contributed by atoms with Crippen molar-refractivity contribution in [3.63, 3.8) is 0 Å². The first-order valence-electron chi connectivity index (χ1n) is 5.90. The van der Waals surface area contributed by atoms with Crippen LogP contribution in [0.2, 0.25) is 0 Å². The number of rotatable bonds is 5. The Morgan fingerprint density at radius 1 is 1.41 bits per heavy atom. The summed E-state index contributed by atoms with van der Waals surface area (Å²) in [5.74, 6) is 0. The lowest BCUT2D eigenvalue weighted by atomic mass is 10.2. The Morgan fingerprint density at radius 3 is 2.88 bits per heavy atom. The van der Waals surface area contributed by atoms with Gasteiger partial charge < -0.3 is 10.5 Å². The number of hydrogen-bond donors (Lipinski definition) is 1. The van der Waals surface area contributed by atoms with Gasteiger partial charge in [0.15, 0.2) is 0 Å². The molecule has 92 valence electrons. The molecule has 1 saturated heterocycles. The highest BCUT2D eigenvalue weighted by molar-refractivity contribution is 7.80. The second kappa shape index (κ2) is 6.10. The smallest absolute Gasteiger partial charge is 0.0870 e. The molecule has 4 heteroatoms. The van der Waals surface area contributed by atoms with Crippen molar-refractivity contribution in [3.8, 4) is 0 Å². The Morgan fingerprint density at radius 2 is 2.18 bits per heavy atom. The van der Waals surface area contributed by atoms with Crippen molar-refractivity contribution >= 4 is 17.2 Å². The molecule has 1 heterocycles. The largest absolute Gasteiger partial charge is 0.392 e. The van der Waals surface area contributed by atoms with Crippen molar-refractivity contribution in [3.05, 3.63) is 35.9 Å². The third-order valence-corrected chi connectivity index (χ3v) is 3.07. The monoisotopic (exact) mass is 250 g/mol. The fourth-order valence-electron chi connectivity index (χ4n) is 2.09. The van der Waals surface area contributed by atoms with Crippen LogP contribution in [0.5, 0.6) is 0 Å². The van der Waals surface area contributed by atoms with Gasteiger partial charge in [0.1, 0.15) is 0 Å². The van der Waals surface area contributed by atoms with Crippen molar-refractivity contribution in [1.82, 2.24) is 4.90 Å². The third-order valence-electron chi connectivity index (χ3n) is 2.94. The minimum atomic E-state index is 0.310. The minimum Gasteiger partial charge on any atom is -0.392 e. The predicted molar refractivity (Wildman–Crippen MR) is 72.9 cm³/mol. The van der Waals surface area contributed by atoms with Crippen molar-refractivity contribution < 1.29 is 4.74 Å². The molecule has 0 spiro atoms.